The molecule has 8 heteroatoms. The Balaban J connectivity index is 2.05. The number of thiazole rings is 1. The highest BCUT2D eigenvalue weighted by atomic mass is 32.1. The molecule has 1 aromatic rings. The first-order valence-electron chi connectivity index (χ1n) is 6.22. The van der Waals surface area contributed by atoms with Crippen molar-refractivity contribution in [3.05, 3.63) is 16.1 Å². The zero-order chi connectivity index (χ0) is 14.7. The first-order chi connectivity index (χ1) is 9.50. The van der Waals surface area contributed by atoms with E-state index in [0.717, 1.165) is 10.6 Å². The molecule has 1 unspecified atom stereocenters. The summed E-state index contributed by atoms with van der Waals surface area (Å²) in [5.41, 5.74) is 2.63. The molecule has 1 aromatic heterocycles. The molecule has 1 atom stereocenters. The highest BCUT2D eigenvalue weighted by Crippen LogP contribution is 2.16. The second kappa shape index (κ2) is 6.19. The summed E-state index contributed by atoms with van der Waals surface area (Å²) < 4.78 is 5.13. The van der Waals surface area contributed by atoms with Crippen molar-refractivity contribution in [1.29, 1.82) is 0 Å². The number of carbonyl (C=O) groups excluding carboxylic acids is 1. The summed E-state index contributed by atoms with van der Waals surface area (Å²) in [6.07, 6.45) is 0. The number of aromatic nitrogens is 1. The SMILES string of the molecule is Cc1ncsc1CN(C)C(=O)N1CCOCC1C(=O)O. The van der Waals surface area contributed by atoms with Crippen LogP contribution in [0.5, 0.6) is 0 Å². The molecule has 1 aliphatic heterocycles. The number of hydrogen-bond donors (Lipinski definition) is 1. The summed E-state index contributed by atoms with van der Waals surface area (Å²) in [5.74, 6) is -1.04. The summed E-state index contributed by atoms with van der Waals surface area (Å²) in [5, 5.41) is 9.14. The van der Waals surface area contributed by atoms with E-state index in [4.69, 9.17) is 9.84 Å². The van der Waals surface area contributed by atoms with Gasteiger partial charge in [-0.1, -0.05) is 0 Å². The van der Waals surface area contributed by atoms with Crippen LogP contribution in [-0.4, -0.2) is 64.7 Å². The van der Waals surface area contributed by atoms with Crippen LogP contribution in [0.15, 0.2) is 5.51 Å². The van der Waals surface area contributed by atoms with Crippen LogP contribution in [-0.2, 0) is 16.1 Å². The zero-order valence-corrected chi connectivity index (χ0v) is 12.2. The molecule has 110 valence electrons. The van der Waals surface area contributed by atoms with Gasteiger partial charge < -0.3 is 19.6 Å². The van der Waals surface area contributed by atoms with Gasteiger partial charge in [-0.2, -0.15) is 0 Å². The number of aryl methyl sites for hydroxylation is 1. The van der Waals surface area contributed by atoms with Crippen LogP contribution < -0.4 is 0 Å². The van der Waals surface area contributed by atoms with Crippen molar-refractivity contribution in [3.63, 3.8) is 0 Å². The smallest absolute Gasteiger partial charge is 0.328 e. The monoisotopic (exact) mass is 299 g/mol. The number of nitrogens with zero attached hydrogens (tertiary/aromatic N) is 3. The Morgan fingerprint density at radius 3 is 3.00 bits per heavy atom. The van der Waals surface area contributed by atoms with E-state index in [0.29, 0.717) is 19.7 Å². The Morgan fingerprint density at radius 1 is 1.65 bits per heavy atom. The number of aliphatic carboxylic acids is 1. The standard InChI is InChI=1S/C12H17N3O4S/c1-8-10(20-7-13-8)5-14(2)12(18)15-3-4-19-6-9(15)11(16)17/h7,9H,3-6H2,1-2H3,(H,16,17). The Hall–Kier alpha value is -1.67. The molecule has 1 aliphatic rings. The number of carboxylic acids is 1. The minimum absolute atomic E-state index is 0.0362. The van der Waals surface area contributed by atoms with Crippen molar-refractivity contribution < 1.29 is 19.4 Å². The van der Waals surface area contributed by atoms with Gasteiger partial charge in [0.15, 0.2) is 6.04 Å². The molecule has 2 amide bonds. The quantitative estimate of drug-likeness (QED) is 0.892. The third-order valence-electron chi connectivity index (χ3n) is 3.21. The van der Waals surface area contributed by atoms with Gasteiger partial charge in [-0.15, -0.1) is 11.3 Å². The maximum Gasteiger partial charge on any atom is 0.328 e. The van der Waals surface area contributed by atoms with Crippen LogP contribution in [0, 0.1) is 6.92 Å². The van der Waals surface area contributed by atoms with E-state index in [2.05, 4.69) is 4.98 Å². The van der Waals surface area contributed by atoms with Crippen molar-refractivity contribution >= 4 is 23.3 Å². The summed E-state index contributed by atoms with van der Waals surface area (Å²) >= 11 is 1.48. The fourth-order valence-corrected chi connectivity index (χ4v) is 2.85. The molecule has 0 bridgehead atoms. The molecule has 2 heterocycles. The fraction of sp³-hybridized carbons (Fsp3) is 0.583. The molecule has 7 nitrogen and oxygen atoms in total. The van der Waals surface area contributed by atoms with Gasteiger partial charge in [0.25, 0.3) is 0 Å². The first kappa shape index (κ1) is 14.7. The van der Waals surface area contributed by atoms with E-state index in [-0.39, 0.29) is 12.6 Å². The predicted octanol–water partition coefficient (Wildman–Crippen LogP) is 0.789. The Kier molecular flexibility index (Phi) is 4.56. The van der Waals surface area contributed by atoms with Crippen molar-refractivity contribution in [2.45, 2.75) is 19.5 Å². The average Bonchev–Trinajstić information content (AvgIpc) is 2.83. The second-order valence-corrected chi connectivity index (χ2v) is 5.56. The van der Waals surface area contributed by atoms with E-state index in [9.17, 15) is 9.59 Å². The third kappa shape index (κ3) is 3.07. The van der Waals surface area contributed by atoms with Gasteiger partial charge in [-0.3, -0.25) is 0 Å². The minimum Gasteiger partial charge on any atom is -0.480 e. The molecule has 1 saturated heterocycles. The van der Waals surface area contributed by atoms with Gasteiger partial charge in [-0.05, 0) is 6.92 Å². The number of hydrogen-bond acceptors (Lipinski definition) is 5. The highest BCUT2D eigenvalue weighted by molar-refractivity contribution is 7.09. The lowest BCUT2D eigenvalue weighted by molar-refractivity contribution is -0.147. The Labute approximate surface area is 120 Å². The van der Waals surface area contributed by atoms with E-state index < -0.39 is 12.0 Å². The summed E-state index contributed by atoms with van der Waals surface area (Å²) in [7, 11) is 1.66. The van der Waals surface area contributed by atoms with Crippen LogP contribution in [0.3, 0.4) is 0 Å². The summed E-state index contributed by atoms with van der Waals surface area (Å²) in [6, 6.07) is -1.21. The minimum atomic E-state index is -1.04. The average molecular weight is 299 g/mol. The lowest BCUT2D eigenvalue weighted by Crippen LogP contribution is -2.55. The summed E-state index contributed by atoms with van der Waals surface area (Å²) in [4.78, 5) is 31.5. The van der Waals surface area contributed by atoms with Crippen LogP contribution in [0.25, 0.3) is 0 Å². The molecular formula is C12H17N3O4S. The van der Waals surface area contributed by atoms with Crippen molar-refractivity contribution in [1.82, 2.24) is 14.8 Å². The van der Waals surface area contributed by atoms with Crippen molar-refractivity contribution in [3.8, 4) is 0 Å². The van der Waals surface area contributed by atoms with Gasteiger partial charge in [0.05, 0.1) is 31.0 Å². The van der Waals surface area contributed by atoms with Crippen LogP contribution in [0.4, 0.5) is 4.79 Å². The third-order valence-corrected chi connectivity index (χ3v) is 4.13. The van der Waals surface area contributed by atoms with Crippen LogP contribution in [0.1, 0.15) is 10.6 Å². The molecule has 1 fully saturated rings. The summed E-state index contributed by atoms with van der Waals surface area (Å²) in [6.45, 7) is 3.01. The number of morpholine rings is 1. The zero-order valence-electron chi connectivity index (χ0n) is 11.4. The van der Waals surface area contributed by atoms with Gasteiger partial charge in [-0.25, -0.2) is 14.6 Å². The first-order valence-corrected chi connectivity index (χ1v) is 7.10. The van der Waals surface area contributed by atoms with Crippen LogP contribution >= 0.6 is 11.3 Å². The topological polar surface area (TPSA) is 83.0 Å². The molecule has 0 saturated carbocycles. The number of urea groups is 1. The maximum absolute atomic E-state index is 12.4. The molecule has 0 aromatic carbocycles. The fourth-order valence-electron chi connectivity index (χ4n) is 2.02. The molecule has 0 spiro atoms. The lowest BCUT2D eigenvalue weighted by Gasteiger charge is -2.35. The molecular weight excluding hydrogens is 282 g/mol. The van der Waals surface area contributed by atoms with Crippen molar-refractivity contribution in [2.75, 3.05) is 26.8 Å². The number of rotatable bonds is 3. The highest BCUT2D eigenvalue weighted by Gasteiger charge is 2.34. The maximum atomic E-state index is 12.4. The van der Waals surface area contributed by atoms with E-state index in [1.165, 1.54) is 21.1 Å². The van der Waals surface area contributed by atoms with Gasteiger partial charge in [0.2, 0.25) is 0 Å². The number of carbonyl (C=O) groups is 2. The molecule has 0 radical (unpaired) electrons. The van der Waals surface area contributed by atoms with Crippen molar-refractivity contribution in [2.24, 2.45) is 0 Å². The lowest BCUT2D eigenvalue weighted by atomic mass is 10.2. The van der Waals surface area contributed by atoms with Gasteiger partial charge in [0.1, 0.15) is 0 Å². The van der Waals surface area contributed by atoms with E-state index in [1.807, 2.05) is 6.92 Å². The van der Waals surface area contributed by atoms with Crippen LogP contribution in [0.2, 0.25) is 0 Å². The largest absolute Gasteiger partial charge is 0.480 e. The van der Waals surface area contributed by atoms with E-state index in [1.54, 1.807) is 12.6 Å². The van der Waals surface area contributed by atoms with E-state index >= 15 is 0 Å². The van der Waals surface area contributed by atoms with Gasteiger partial charge >= 0.3 is 12.0 Å². The van der Waals surface area contributed by atoms with Gasteiger partial charge in [0, 0.05) is 18.5 Å². The molecule has 1 N–H and O–H groups in total. The number of carboxylic acid groups (broad SMARTS) is 1. The molecule has 2 rings (SSSR count). The second-order valence-electron chi connectivity index (χ2n) is 4.62. The number of amides is 2. The Bertz CT molecular complexity index is 505. The molecule has 20 heavy (non-hydrogen) atoms. The molecule has 0 aliphatic carbocycles. The normalized spacial score (nSPS) is 18.9. The predicted molar refractivity (Wildman–Crippen MR) is 72.7 cm³/mol. The number of ether oxygens (including phenoxy) is 1. The Morgan fingerprint density at radius 2 is 2.40 bits per heavy atom.